The molecule has 0 aliphatic heterocycles. The molecule has 1 aromatic heterocycles. The van der Waals surface area contributed by atoms with E-state index in [1.807, 2.05) is 13.2 Å². The van der Waals surface area contributed by atoms with Gasteiger partial charge in [-0.2, -0.15) is 0 Å². The fourth-order valence-electron chi connectivity index (χ4n) is 1.63. The summed E-state index contributed by atoms with van der Waals surface area (Å²) in [6.07, 6.45) is 4.11. The molecule has 0 saturated carbocycles. The Morgan fingerprint density at radius 2 is 2.21 bits per heavy atom. The zero-order valence-corrected chi connectivity index (χ0v) is 12.0. The molecule has 0 aliphatic rings. The summed E-state index contributed by atoms with van der Waals surface area (Å²) < 4.78 is 0. The molecule has 0 spiro atoms. The summed E-state index contributed by atoms with van der Waals surface area (Å²) in [5.74, 6) is -1.54. The molecule has 2 unspecified atom stereocenters. The van der Waals surface area contributed by atoms with Gasteiger partial charge < -0.3 is 10.4 Å². The maximum Gasteiger partial charge on any atom is 0.326 e. The van der Waals surface area contributed by atoms with Gasteiger partial charge in [0.25, 0.3) is 5.91 Å². The molecule has 2 N–H and O–H groups in total. The molecule has 2 atom stereocenters. The number of aromatic nitrogens is 1. The molecule has 1 amide bonds. The number of rotatable bonds is 6. The number of carboxylic acid groups (broad SMARTS) is 1. The molecule has 19 heavy (non-hydrogen) atoms. The summed E-state index contributed by atoms with van der Waals surface area (Å²) in [6, 6.07) is 2.42. The van der Waals surface area contributed by atoms with Crippen molar-refractivity contribution in [2.24, 2.45) is 5.92 Å². The lowest BCUT2D eigenvalue weighted by molar-refractivity contribution is -0.140. The van der Waals surface area contributed by atoms with Gasteiger partial charge in [-0.25, -0.2) is 9.78 Å². The van der Waals surface area contributed by atoms with Gasteiger partial charge in [0.15, 0.2) is 0 Å². The Morgan fingerprint density at radius 3 is 2.74 bits per heavy atom. The number of carbonyl (C=O) groups is 2. The van der Waals surface area contributed by atoms with Crippen LogP contribution in [0.1, 0.15) is 30.6 Å². The second kappa shape index (κ2) is 7.13. The fourth-order valence-corrected chi connectivity index (χ4v) is 2.18. The van der Waals surface area contributed by atoms with E-state index in [0.29, 0.717) is 17.0 Å². The van der Waals surface area contributed by atoms with Gasteiger partial charge >= 0.3 is 5.97 Å². The van der Waals surface area contributed by atoms with Crippen LogP contribution in [0.2, 0.25) is 0 Å². The predicted octanol–water partition coefficient (Wildman–Crippen LogP) is 2.03. The van der Waals surface area contributed by atoms with Crippen molar-refractivity contribution in [2.45, 2.75) is 31.3 Å². The second-order valence-electron chi connectivity index (χ2n) is 4.24. The van der Waals surface area contributed by atoms with Gasteiger partial charge in [-0.3, -0.25) is 4.79 Å². The van der Waals surface area contributed by atoms with Crippen LogP contribution in [0.5, 0.6) is 0 Å². The molecule has 0 aliphatic carbocycles. The van der Waals surface area contributed by atoms with Crippen molar-refractivity contribution in [3.63, 3.8) is 0 Å². The largest absolute Gasteiger partial charge is 0.480 e. The standard InChI is InChI=1S/C13H18N2O3S/c1-4-8(2)10(13(17)18)15-11(16)9-6-5-7-14-12(9)19-3/h5-8,10H,4H2,1-3H3,(H,15,16)(H,17,18). The molecular weight excluding hydrogens is 264 g/mol. The number of thioether (sulfide) groups is 1. The van der Waals surface area contributed by atoms with Crippen LogP contribution >= 0.6 is 11.8 Å². The number of aliphatic carboxylic acids is 1. The summed E-state index contributed by atoms with van der Waals surface area (Å²) >= 11 is 1.35. The molecule has 1 rings (SSSR count). The Balaban J connectivity index is 2.91. The van der Waals surface area contributed by atoms with Crippen molar-refractivity contribution in [3.05, 3.63) is 23.9 Å². The van der Waals surface area contributed by atoms with Crippen molar-refractivity contribution >= 4 is 23.6 Å². The van der Waals surface area contributed by atoms with Crippen molar-refractivity contribution < 1.29 is 14.7 Å². The van der Waals surface area contributed by atoms with Crippen molar-refractivity contribution in [2.75, 3.05) is 6.26 Å². The van der Waals surface area contributed by atoms with E-state index in [-0.39, 0.29) is 5.92 Å². The first kappa shape index (κ1) is 15.5. The van der Waals surface area contributed by atoms with Gasteiger partial charge in [-0.1, -0.05) is 20.3 Å². The average molecular weight is 282 g/mol. The number of nitrogens with zero attached hydrogens (tertiary/aromatic N) is 1. The van der Waals surface area contributed by atoms with Gasteiger partial charge in [-0.05, 0) is 24.3 Å². The van der Waals surface area contributed by atoms with Gasteiger partial charge in [0.2, 0.25) is 0 Å². The minimum atomic E-state index is -1.02. The Morgan fingerprint density at radius 1 is 1.53 bits per heavy atom. The summed E-state index contributed by atoms with van der Waals surface area (Å²) in [5.41, 5.74) is 0.407. The third-order valence-electron chi connectivity index (χ3n) is 2.97. The highest BCUT2D eigenvalue weighted by molar-refractivity contribution is 7.98. The highest BCUT2D eigenvalue weighted by atomic mass is 32.2. The van der Waals surface area contributed by atoms with Crippen LogP contribution in [0.15, 0.2) is 23.4 Å². The van der Waals surface area contributed by atoms with Crippen molar-refractivity contribution in [1.29, 1.82) is 0 Å². The summed E-state index contributed by atoms with van der Waals surface area (Å²) in [7, 11) is 0. The first-order valence-electron chi connectivity index (χ1n) is 6.03. The van der Waals surface area contributed by atoms with E-state index in [1.54, 1.807) is 25.3 Å². The van der Waals surface area contributed by atoms with Crippen LogP contribution in [-0.4, -0.2) is 34.3 Å². The van der Waals surface area contributed by atoms with E-state index >= 15 is 0 Å². The fraction of sp³-hybridized carbons (Fsp3) is 0.462. The lowest BCUT2D eigenvalue weighted by Crippen LogP contribution is -2.45. The SMILES string of the molecule is CCC(C)C(NC(=O)c1cccnc1SC)C(=O)O. The number of pyridine rings is 1. The Hall–Kier alpha value is -1.56. The molecule has 0 bridgehead atoms. The van der Waals surface area contributed by atoms with Crippen LogP contribution in [0.4, 0.5) is 0 Å². The normalized spacial score (nSPS) is 13.6. The van der Waals surface area contributed by atoms with E-state index in [2.05, 4.69) is 10.3 Å². The maximum absolute atomic E-state index is 12.1. The Bertz CT molecular complexity index is 465. The molecule has 104 valence electrons. The Kier molecular flexibility index (Phi) is 5.82. The number of carbonyl (C=O) groups excluding carboxylic acids is 1. The molecule has 0 radical (unpaired) electrons. The minimum absolute atomic E-state index is 0.129. The van der Waals surface area contributed by atoms with Gasteiger partial charge in [-0.15, -0.1) is 11.8 Å². The number of hydrogen-bond donors (Lipinski definition) is 2. The summed E-state index contributed by atoms with van der Waals surface area (Å²) in [6.45, 7) is 3.70. The van der Waals surface area contributed by atoms with Crippen LogP contribution in [0.3, 0.4) is 0 Å². The molecule has 1 heterocycles. The maximum atomic E-state index is 12.1. The minimum Gasteiger partial charge on any atom is -0.480 e. The Labute approximate surface area is 116 Å². The van der Waals surface area contributed by atoms with E-state index in [1.165, 1.54) is 11.8 Å². The predicted molar refractivity (Wildman–Crippen MR) is 74.4 cm³/mol. The third-order valence-corrected chi connectivity index (χ3v) is 3.69. The van der Waals surface area contributed by atoms with Crippen LogP contribution in [0, 0.1) is 5.92 Å². The molecule has 1 aromatic rings. The molecule has 0 fully saturated rings. The lowest BCUT2D eigenvalue weighted by atomic mass is 9.99. The molecule has 6 heteroatoms. The molecular formula is C13H18N2O3S. The van der Waals surface area contributed by atoms with Crippen molar-refractivity contribution in [3.8, 4) is 0 Å². The molecule has 0 saturated heterocycles. The van der Waals surface area contributed by atoms with Crippen LogP contribution in [-0.2, 0) is 4.79 Å². The van der Waals surface area contributed by atoms with Crippen molar-refractivity contribution in [1.82, 2.24) is 10.3 Å². The second-order valence-corrected chi connectivity index (χ2v) is 5.03. The highest BCUT2D eigenvalue weighted by Gasteiger charge is 2.26. The lowest BCUT2D eigenvalue weighted by Gasteiger charge is -2.20. The van der Waals surface area contributed by atoms with E-state index in [9.17, 15) is 9.59 Å². The zero-order chi connectivity index (χ0) is 14.4. The highest BCUT2D eigenvalue weighted by Crippen LogP contribution is 2.17. The summed E-state index contributed by atoms with van der Waals surface area (Å²) in [5, 5.41) is 12.3. The van der Waals surface area contributed by atoms with Gasteiger partial charge in [0, 0.05) is 6.20 Å². The van der Waals surface area contributed by atoms with E-state index < -0.39 is 17.9 Å². The van der Waals surface area contributed by atoms with E-state index in [4.69, 9.17) is 5.11 Å². The van der Waals surface area contributed by atoms with E-state index in [0.717, 1.165) is 0 Å². The number of hydrogen-bond acceptors (Lipinski definition) is 4. The quantitative estimate of drug-likeness (QED) is 0.780. The molecule has 5 nitrogen and oxygen atoms in total. The van der Waals surface area contributed by atoms with Gasteiger partial charge in [0.05, 0.1) is 5.56 Å². The summed E-state index contributed by atoms with van der Waals surface area (Å²) in [4.78, 5) is 27.4. The van der Waals surface area contributed by atoms with Gasteiger partial charge in [0.1, 0.15) is 11.1 Å². The number of carboxylic acids is 1. The monoisotopic (exact) mass is 282 g/mol. The first-order valence-corrected chi connectivity index (χ1v) is 7.26. The zero-order valence-electron chi connectivity index (χ0n) is 11.2. The topological polar surface area (TPSA) is 79.3 Å². The smallest absolute Gasteiger partial charge is 0.326 e. The average Bonchev–Trinajstić information content (AvgIpc) is 2.43. The number of nitrogens with one attached hydrogen (secondary N) is 1. The first-order chi connectivity index (χ1) is 9.01. The number of amides is 1. The van der Waals surface area contributed by atoms with Crippen LogP contribution in [0.25, 0.3) is 0 Å². The van der Waals surface area contributed by atoms with Crippen LogP contribution < -0.4 is 5.32 Å². The molecule has 0 aromatic carbocycles. The third kappa shape index (κ3) is 3.96.